The number of carbonyl (C=O) groups is 2. The Labute approximate surface area is 240 Å². The molecule has 1 fully saturated rings. The van der Waals surface area contributed by atoms with Crippen molar-refractivity contribution in [3.05, 3.63) is 60.3 Å². The summed E-state index contributed by atoms with van der Waals surface area (Å²) in [5, 5.41) is 16.1. The van der Waals surface area contributed by atoms with E-state index in [0.717, 1.165) is 18.5 Å². The Hall–Kier alpha value is -4.18. The van der Waals surface area contributed by atoms with Gasteiger partial charge < -0.3 is 30.3 Å². The third-order valence-corrected chi connectivity index (χ3v) is 8.29. The molecule has 5 rings (SSSR count). The van der Waals surface area contributed by atoms with Gasteiger partial charge in [-0.05, 0) is 69.4 Å². The quantitative estimate of drug-likeness (QED) is 0.379. The maximum absolute atomic E-state index is 13.5. The number of aliphatic hydroxyl groups is 1. The van der Waals surface area contributed by atoms with Gasteiger partial charge in [-0.2, -0.15) is 4.98 Å². The number of fused-ring (bicyclic) bond motifs is 1. The molecule has 2 aromatic carbocycles. The van der Waals surface area contributed by atoms with Crippen LogP contribution in [-0.4, -0.2) is 59.7 Å². The first-order valence-corrected chi connectivity index (χ1v) is 14.1. The van der Waals surface area contributed by atoms with E-state index >= 15 is 0 Å². The second kappa shape index (κ2) is 11.7. The van der Waals surface area contributed by atoms with E-state index in [2.05, 4.69) is 20.5 Å². The van der Waals surface area contributed by atoms with Crippen LogP contribution in [0.1, 0.15) is 56.3 Å². The monoisotopic (exact) mass is 558 g/mol. The molecule has 1 aliphatic carbocycles. The number of benzene rings is 2. The van der Waals surface area contributed by atoms with Gasteiger partial charge in [0.05, 0.1) is 30.5 Å². The lowest BCUT2D eigenvalue weighted by Crippen LogP contribution is -2.43. The molecule has 3 aromatic rings. The van der Waals surface area contributed by atoms with E-state index in [1.54, 1.807) is 43.5 Å². The number of rotatable bonds is 7. The molecule has 10 heteroatoms. The second-order valence-corrected chi connectivity index (χ2v) is 11.1. The molecule has 1 saturated carbocycles. The van der Waals surface area contributed by atoms with Crippen molar-refractivity contribution in [2.24, 2.45) is 5.41 Å². The lowest BCUT2D eigenvalue weighted by atomic mass is 9.85. The van der Waals surface area contributed by atoms with E-state index < -0.39 is 5.41 Å². The van der Waals surface area contributed by atoms with Crippen molar-refractivity contribution in [1.82, 2.24) is 15.3 Å². The summed E-state index contributed by atoms with van der Waals surface area (Å²) in [7, 11) is 3.31. The van der Waals surface area contributed by atoms with Gasteiger partial charge in [0, 0.05) is 30.9 Å². The van der Waals surface area contributed by atoms with Gasteiger partial charge in [0.2, 0.25) is 11.9 Å². The number of methoxy groups -OCH3 is 1. The Balaban J connectivity index is 1.43. The fraction of sp³-hybridized carbons (Fsp3) is 0.419. The van der Waals surface area contributed by atoms with Gasteiger partial charge >= 0.3 is 0 Å². The maximum Gasteiger partial charge on any atom is 0.251 e. The first-order valence-electron chi connectivity index (χ1n) is 14.1. The van der Waals surface area contributed by atoms with Crippen LogP contribution in [0.15, 0.2) is 54.7 Å². The van der Waals surface area contributed by atoms with E-state index in [1.807, 2.05) is 44.2 Å². The van der Waals surface area contributed by atoms with Crippen LogP contribution < -0.4 is 25.2 Å². The van der Waals surface area contributed by atoms with Crippen LogP contribution >= 0.6 is 0 Å². The molecular weight excluding hydrogens is 520 g/mol. The zero-order valence-corrected chi connectivity index (χ0v) is 24.1. The molecule has 0 spiro atoms. The van der Waals surface area contributed by atoms with E-state index in [1.165, 1.54) is 0 Å². The first-order chi connectivity index (χ1) is 19.7. The molecule has 2 aliphatic rings. The smallest absolute Gasteiger partial charge is 0.251 e. The summed E-state index contributed by atoms with van der Waals surface area (Å²) in [5.74, 6) is 1.27. The predicted octanol–water partition coefficient (Wildman–Crippen LogP) is 4.79. The van der Waals surface area contributed by atoms with Crippen molar-refractivity contribution < 1.29 is 19.4 Å². The summed E-state index contributed by atoms with van der Waals surface area (Å²) in [6, 6.07) is 15.2. The Kier molecular flexibility index (Phi) is 8.12. The zero-order chi connectivity index (χ0) is 29.1. The highest BCUT2D eigenvalue weighted by molar-refractivity contribution is 6.02. The summed E-state index contributed by atoms with van der Waals surface area (Å²) in [6.07, 6.45) is 4.97. The summed E-state index contributed by atoms with van der Waals surface area (Å²) < 4.78 is 5.61. The van der Waals surface area contributed by atoms with E-state index in [4.69, 9.17) is 9.72 Å². The van der Waals surface area contributed by atoms with Crippen LogP contribution in [0.4, 0.5) is 28.8 Å². The Morgan fingerprint density at radius 3 is 2.56 bits per heavy atom. The molecule has 0 saturated heterocycles. The molecule has 0 radical (unpaired) electrons. The molecule has 3 N–H and O–H groups in total. The van der Waals surface area contributed by atoms with Crippen LogP contribution in [0.2, 0.25) is 0 Å². The standard InChI is InChI=1S/C31H38N6O4/c1-5-31(2)19-37(22-9-7-6-8-10-22)27-25(36(3)29(31)40)18-32-30(35-27)34-24-16-11-20(17-26(24)41-4)28(39)33-21-12-14-23(38)15-13-21/h6-11,16-18,21,23,38H,5,12-15,19H2,1-4H3,(H,33,39)(H,32,34,35)/t21?,23?,31-/m1/s1. The molecule has 216 valence electrons. The average molecular weight is 559 g/mol. The SMILES string of the molecule is CC[C@]1(C)CN(c2ccccc2)c2nc(Nc3ccc(C(=O)NC4CCC(O)CC4)cc3OC)ncc2N(C)C1=O. The zero-order valence-electron chi connectivity index (χ0n) is 24.1. The van der Waals surface area contributed by atoms with Gasteiger partial charge in [0.25, 0.3) is 5.91 Å². The molecule has 2 amide bonds. The lowest BCUT2D eigenvalue weighted by molar-refractivity contribution is -0.126. The Morgan fingerprint density at radius 1 is 1.15 bits per heavy atom. The van der Waals surface area contributed by atoms with Gasteiger partial charge in [0.1, 0.15) is 11.4 Å². The average Bonchev–Trinajstić information content (AvgIpc) is 3.08. The third-order valence-electron chi connectivity index (χ3n) is 8.29. The van der Waals surface area contributed by atoms with Gasteiger partial charge in [-0.15, -0.1) is 0 Å². The highest BCUT2D eigenvalue weighted by atomic mass is 16.5. The van der Waals surface area contributed by atoms with Crippen LogP contribution in [0, 0.1) is 5.41 Å². The van der Waals surface area contributed by atoms with Crippen molar-refractivity contribution in [2.75, 3.05) is 35.8 Å². The number of nitrogens with one attached hydrogen (secondary N) is 2. The van der Waals surface area contributed by atoms with Gasteiger partial charge in [-0.1, -0.05) is 25.1 Å². The second-order valence-electron chi connectivity index (χ2n) is 11.1. The van der Waals surface area contributed by atoms with Gasteiger partial charge in [-0.3, -0.25) is 9.59 Å². The number of carbonyl (C=O) groups excluding carboxylic acids is 2. The topological polar surface area (TPSA) is 120 Å². The number of aromatic nitrogens is 2. The number of hydrogen-bond acceptors (Lipinski definition) is 8. The minimum absolute atomic E-state index is 0.0175. The molecule has 1 aromatic heterocycles. The van der Waals surface area contributed by atoms with E-state index in [0.29, 0.717) is 60.3 Å². The number of nitrogens with zero attached hydrogens (tertiary/aromatic N) is 4. The van der Waals surface area contributed by atoms with Crippen molar-refractivity contribution in [3.8, 4) is 5.75 Å². The first kappa shape index (κ1) is 28.4. The molecule has 41 heavy (non-hydrogen) atoms. The third kappa shape index (κ3) is 5.83. The maximum atomic E-state index is 13.5. The van der Waals surface area contributed by atoms with Crippen molar-refractivity contribution >= 4 is 40.6 Å². The Bertz CT molecular complexity index is 1410. The molecule has 0 bridgehead atoms. The Morgan fingerprint density at radius 2 is 1.88 bits per heavy atom. The van der Waals surface area contributed by atoms with Crippen molar-refractivity contribution in [2.45, 2.75) is 58.1 Å². The number of anilines is 5. The molecule has 1 atom stereocenters. The lowest BCUT2D eigenvalue weighted by Gasteiger charge is -2.32. The van der Waals surface area contributed by atoms with E-state index in [9.17, 15) is 14.7 Å². The van der Waals surface area contributed by atoms with Crippen LogP contribution in [0.25, 0.3) is 0 Å². The summed E-state index contributed by atoms with van der Waals surface area (Å²) in [4.78, 5) is 39.5. The van der Waals surface area contributed by atoms with Crippen molar-refractivity contribution in [1.29, 1.82) is 0 Å². The number of hydrogen-bond donors (Lipinski definition) is 3. The molecule has 2 heterocycles. The highest BCUT2D eigenvalue weighted by Gasteiger charge is 2.41. The van der Waals surface area contributed by atoms with Crippen LogP contribution in [-0.2, 0) is 4.79 Å². The van der Waals surface area contributed by atoms with Crippen LogP contribution in [0.3, 0.4) is 0 Å². The fourth-order valence-electron chi connectivity index (χ4n) is 5.50. The number of aliphatic hydroxyl groups excluding tert-OH is 1. The minimum atomic E-state index is -0.615. The van der Waals surface area contributed by atoms with E-state index in [-0.39, 0.29) is 24.0 Å². The summed E-state index contributed by atoms with van der Waals surface area (Å²) in [6.45, 7) is 4.48. The molecule has 10 nitrogen and oxygen atoms in total. The summed E-state index contributed by atoms with van der Waals surface area (Å²) in [5.41, 5.74) is 2.02. The predicted molar refractivity (Wildman–Crippen MR) is 159 cm³/mol. The normalized spacial score (nSPS) is 22.5. The molecule has 0 unspecified atom stereocenters. The molecular formula is C31H38N6O4. The molecule has 1 aliphatic heterocycles. The number of ether oxygens (including phenoxy) is 1. The highest BCUT2D eigenvalue weighted by Crippen LogP contribution is 2.42. The summed E-state index contributed by atoms with van der Waals surface area (Å²) >= 11 is 0. The van der Waals surface area contributed by atoms with Crippen molar-refractivity contribution in [3.63, 3.8) is 0 Å². The number of amides is 2. The fourth-order valence-corrected chi connectivity index (χ4v) is 5.50. The van der Waals surface area contributed by atoms with Gasteiger partial charge in [0.15, 0.2) is 5.82 Å². The number of para-hydroxylation sites is 1. The minimum Gasteiger partial charge on any atom is -0.495 e. The van der Waals surface area contributed by atoms with Crippen LogP contribution in [0.5, 0.6) is 5.75 Å². The van der Waals surface area contributed by atoms with Gasteiger partial charge in [-0.25, -0.2) is 4.98 Å². The largest absolute Gasteiger partial charge is 0.495 e.